The maximum atomic E-state index is 11.9. The predicted octanol–water partition coefficient (Wildman–Crippen LogP) is -0.752. The van der Waals surface area contributed by atoms with Crippen LogP contribution in [0.5, 0.6) is 0 Å². The monoisotopic (exact) mass is 211 g/mol. The van der Waals surface area contributed by atoms with E-state index in [0.29, 0.717) is 19.8 Å². The molecule has 0 radical (unpaired) electrons. The SMILES string of the molecule is CC1COCCN1C(=O)c1nc(N)n[nH]1. The van der Waals surface area contributed by atoms with E-state index in [4.69, 9.17) is 10.5 Å². The molecule has 2 rings (SSSR count). The van der Waals surface area contributed by atoms with Crippen LogP contribution in [-0.4, -0.2) is 51.8 Å². The van der Waals surface area contributed by atoms with Crippen LogP contribution >= 0.6 is 0 Å². The van der Waals surface area contributed by atoms with E-state index in [1.165, 1.54) is 0 Å². The normalized spacial score (nSPS) is 21.7. The Morgan fingerprint density at radius 3 is 3.13 bits per heavy atom. The first-order valence-corrected chi connectivity index (χ1v) is 4.75. The van der Waals surface area contributed by atoms with Gasteiger partial charge in [-0.15, -0.1) is 5.10 Å². The van der Waals surface area contributed by atoms with E-state index in [1.54, 1.807) is 4.90 Å². The molecule has 1 aliphatic rings. The summed E-state index contributed by atoms with van der Waals surface area (Å²) >= 11 is 0. The average molecular weight is 211 g/mol. The Bertz CT molecular complexity index is 364. The maximum absolute atomic E-state index is 11.9. The third kappa shape index (κ3) is 1.91. The number of nitrogens with two attached hydrogens (primary N) is 1. The number of amides is 1. The number of hydrogen-bond donors (Lipinski definition) is 2. The molecule has 1 fully saturated rings. The van der Waals surface area contributed by atoms with E-state index in [-0.39, 0.29) is 23.7 Å². The number of H-pyrrole nitrogens is 1. The van der Waals surface area contributed by atoms with Gasteiger partial charge < -0.3 is 15.4 Å². The summed E-state index contributed by atoms with van der Waals surface area (Å²) in [4.78, 5) is 17.4. The number of ether oxygens (including phenoxy) is 1. The minimum Gasteiger partial charge on any atom is -0.377 e. The maximum Gasteiger partial charge on any atom is 0.291 e. The molecule has 3 N–H and O–H groups in total. The van der Waals surface area contributed by atoms with Crippen molar-refractivity contribution in [3.05, 3.63) is 5.82 Å². The molecular weight excluding hydrogens is 198 g/mol. The molecule has 1 atom stereocenters. The van der Waals surface area contributed by atoms with Gasteiger partial charge in [0, 0.05) is 6.54 Å². The molecule has 1 aromatic rings. The molecule has 1 aromatic heterocycles. The number of aromatic amines is 1. The van der Waals surface area contributed by atoms with Crippen LogP contribution in [0.4, 0.5) is 5.95 Å². The number of morpholine rings is 1. The van der Waals surface area contributed by atoms with Crippen molar-refractivity contribution < 1.29 is 9.53 Å². The van der Waals surface area contributed by atoms with Crippen molar-refractivity contribution in [2.75, 3.05) is 25.5 Å². The molecule has 7 heteroatoms. The molecule has 1 aliphatic heterocycles. The van der Waals surface area contributed by atoms with Crippen molar-refractivity contribution in [2.45, 2.75) is 13.0 Å². The van der Waals surface area contributed by atoms with Crippen LogP contribution in [0.2, 0.25) is 0 Å². The van der Waals surface area contributed by atoms with E-state index in [2.05, 4.69) is 15.2 Å². The van der Waals surface area contributed by atoms with Crippen LogP contribution in [0.3, 0.4) is 0 Å². The Morgan fingerprint density at radius 2 is 2.53 bits per heavy atom. The van der Waals surface area contributed by atoms with E-state index in [9.17, 15) is 4.79 Å². The largest absolute Gasteiger partial charge is 0.377 e. The molecule has 82 valence electrons. The summed E-state index contributed by atoms with van der Waals surface area (Å²) < 4.78 is 5.24. The van der Waals surface area contributed by atoms with Crippen molar-refractivity contribution in [1.82, 2.24) is 20.1 Å². The molecule has 0 aliphatic carbocycles. The number of anilines is 1. The second kappa shape index (κ2) is 3.85. The number of hydrogen-bond acceptors (Lipinski definition) is 5. The lowest BCUT2D eigenvalue weighted by Crippen LogP contribution is -2.47. The van der Waals surface area contributed by atoms with Crippen molar-refractivity contribution in [2.24, 2.45) is 0 Å². The quantitative estimate of drug-likeness (QED) is 0.637. The molecule has 15 heavy (non-hydrogen) atoms. The molecule has 1 unspecified atom stereocenters. The summed E-state index contributed by atoms with van der Waals surface area (Å²) in [6.07, 6.45) is 0. The predicted molar refractivity (Wildman–Crippen MR) is 52.1 cm³/mol. The number of nitrogens with zero attached hydrogens (tertiary/aromatic N) is 3. The van der Waals surface area contributed by atoms with Gasteiger partial charge in [0.1, 0.15) is 0 Å². The summed E-state index contributed by atoms with van der Waals surface area (Å²) in [5.74, 6) is 0.0792. The van der Waals surface area contributed by atoms with Gasteiger partial charge in [0.05, 0.1) is 19.3 Å². The molecular formula is C8H13N5O2. The molecule has 1 amide bonds. The van der Waals surface area contributed by atoms with Crippen molar-refractivity contribution >= 4 is 11.9 Å². The Kier molecular flexibility index (Phi) is 2.55. The number of rotatable bonds is 1. The minimum absolute atomic E-state index is 0.0533. The highest BCUT2D eigenvalue weighted by Gasteiger charge is 2.26. The van der Waals surface area contributed by atoms with Crippen LogP contribution in [0.1, 0.15) is 17.5 Å². The fraction of sp³-hybridized carbons (Fsp3) is 0.625. The third-order valence-corrected chi connectivity index (χ3v) is 2.33. The standard InChI is InChI=1S/C8H13N5O2/c1-5-4-15-3-2-13(5)7(14)6-10-8(9)12-11-6/h5H,2-4H2,1H3,(H3,9,10,11,12). The zero-order valence-corrected chi connectivity index (χ0v) is 8.43. The number of carbonyl (C=O) groups excluding carboxylic acids is 1. The first-order chi connectivity index (χ1) is 7.18. The van der Waals surface area contributed by atoms with Crippen LogP contribution in [0, 0.1) is 0 Å². The molecule has 0 bridgehead atoms. The lowest BCUT2D eigenvalue weighted by Gasteiger charge is -2.32. The van der Waals surface area contributed by atoms with E-state index < -0.39 is 0 Å². The molecule has 7 nitrogen and oxygen atoms in total. The molecule has 0 aromatic carbocycles. The van der Waals surface area contributed by atoms with Gasteiger partial charge in [-0.05, 0) is 6.92 Å². The van der Waals surface area contributed by atoms with Crippen molar-refractivity contribution in [3.8, 4) is 0 Å². The summed E-state index contributed by atoms with van der Waals surface area (Å²) in [5.41, 5.74) is 5.33. The summed E-state index contributed by atoms with van der Waals surface area (Å²) in [5, 5.41) is 6.13. The number of carbonyl (C=O) groups is 1. The van der Waals surface area contributed by atoms with Crippen LogP contribution in [0.25, 0.3) is 0 Å². The second-order valence-corrected chi connectivity index (χ2v) is 3.46. The highest BCUT2D eigenvalue weighted by Crippen LogP contribution is 2.09. The van der Waals surface area contributed by atoms with E-state index >= 15 is 0 Å². The van der Waals surface area contributed by atoms with Gasteiger partial charge in [-0.3, -0.25) is 9.89 Å². The van der Waals surface area contributed by atoms with E-state index in [1.807, 2.05) is 6.92 Å². The molecule has 2 heterocycles. The van der Waals surface area contributed by atoms with Gasteiger partial charge in [-0.25, -0.2) is 0 Å². The minimum atomic E-state index is -0.185. The zero-order valence-electron chi connectivity index (χ0n) is 8.43. The first kappa shape index (κ1) is 9.91. The lowest BCUT2D eigenvalue weighted by molar-refractivity contribution is 0.00295. The summed E-state index contributed by atoms with van der Waals surface area (Å²) in [6.45, 7) is 3.60. The van der Waals surface area contributed by atoms with Crippen LogP contribution in [-0.2, 0) is 4.74 Å². The van der Waals surface area contributed by atoms with Gasteiger partial charge in [0.2, 0.25) is 11.8 Å². The molecule has 0 spiro atoms. The van der Waals surface area contributed by atoms with Gasteiger partial charge in [0.15, 0.2) is 0 Å². The van der Waals surface area contributed by atoms with Crippen LogP contribution < -0.4 is 5.73 Å². The van der Waals surface area contributed by atoms with E-state index in [0.717, 1.165) is 0 Å². The van der Waals surface area contributed by atoms with Gasteiger partial charge in [0.25, 0.3) is 5.91 Å². The smallest absolute Gasteiger partial charge is 0.291 e. The fourth-order valence-corrected chi connectivity index (χ4v) is 1.54. The average Bonchev–Trinajstić information content (AvgIpc) is 2.65. The first-order valence-electron chi connectivity index (χ1n) is 4.75. The highest BCUT2D eigenvalue weighted by molar-refractivity contribution is 5.90. The Morgan fingerprint density at radius 1 is 1.73 bits per heavy atom. The Labute approximate surface area is 86.6 Å². The van der Waals surface area contributed by atoms with Crippen molar-refractivity contribution in [3.63, 3.8) is 0 Å². The Hall–Kier alpha value is -1.63. The van der Waals surface area contributed by atoms with Crippen molar-refractivity contribution in [1.29, 1.82) is 0 Å². The highest BCUT2D eigenvalue weighted by atomic mass is 16.5. The van der Waals surface area contributed by atoms with Crippen LogP contribution in [0.15, 0.2) is 0 Å². The van der Waals surface area contributed by atoms with Gasteiger partial charge in [-0.2, -0.15) is 4.98 Å². The third-order valence-electron chi connectivity index (χ3n) is 2.33. The topological polar surface area (TPSA) is 97.1 Å². The fourth-order valence-electron chi connectivity index (χ4n) is 1.54. The summed E-state index contributed by atoms with van der Waals surface area (Å²) in [6, 6.07) is 0.0533. The summed E-state index contributed by atoms with van der Waals surface area (Å²) in [7, 11) is 0. The number of nitrogen functional groups attached to an aromatic ring is 1. The number of nitrogens with one attached hydrogen (secondary N) is 1. The molecule has 0 saturated carbocycles. The number of aromatic nitrogens is 3. The zero-order chi connectivity index (χ0) is 10.8. The Balaban J connectivity index is 2.13. The van der Waals surface area contributed by atoms with Gasteiger partial charge >= 0.3 is 0 Å². The second-order valence-electron chi connectivity index (χ2n) is 3.46. The van der Waals surface area contributed by atoms with Gasteiger partial charge in [-0.1, -0.05) is 0 Å². The molecule has 1 saturated heterocycles. The lowest BCUT2D eigenvalue weighted by atomic mass is 10.2.